The standard InChI is InChI=1S/C15H17F2N3/c1-10-9-20(12-4-2-3-5-12)15(18-10)19-14-8-11(16)6-7-13(14)17/h6-9,12H,2-5H2,1H3,(H,18,19). The van der Waals surface area contributed by atoms with Crippen molar-refractivity contribution in [2.75, 3.05) is 5.32 Å². The molecule has 0 radical (unpaired) electrons. The molecule has 1 aliphatic carbocycles. The van der Waals surface area contributed by atoms with Crippen molar-refractivity contribution in [3.05, 3.63) is 41.7 Å². The van der Waals surface area contributed by atoms with E-state index in [4.69, 9.17) is 0 Å². The Balaban J connectivity index is 1.92. The van der Waals surface area contributed by atoms with E-state index in [0.29, 0.717) is 12.0 Å². The van der Waals surface area contributed by atoms with Gasteiger partial charge >= 0.3 is 0 Å². The number of halogens is 2. The van der Waals surface area contributed by atoms with Gasteiger partial charge in [0.15, 0.2) is 0 Å². The molecule has 0 saturated heterocycles. The lowest BCUT2D eigenvalue weighted by atomic mass is 10.2. The van der Waals surface area contributed by atoms with E-state index in [9.17, 15) is 8.78 Å². The van der Waals surface area contributed by atoms with Gasteiger partial charge in [-0.15, -0.1) is 0 Å². The van der Waals surface area contributed by atoms with Crippen LogP contribution in [0.5, 0.6) is 0 Å². The van der Waals surface area contributed by atoms with E-state index < -0.39 is 11.6 Å². The Labute approximate surface area is 116 Å². The molecular formula is C15H17F2N3. The fraction of sp³-hybridized carbons (Fsp3) is 0.400. The third-order valence-electron chi connectivity index (χ3n) is 3.75. The SMILES string of the molecule is Cc1cn(C2CCCC2)c(Nc2cc(F)ccc2F)n1. The number of hydrogen-bond acceptors (Lipinski definition) is 2. The summed E-state index contributed by atoms with van der Waals surface area (Å²) in [7, 11) is 0. The maximum atomic E-state index is 13.7. The number of imidazole rings is 1. The van der Waals surface area contributed by atoms with Crippen LogP contribution in [0.4, 0.5) is 20.4 Å². The van der Waals surface area contributed by atoms with Crippen molar-refractivity contribution in [1.29, 1.82) is 0 Å². The van der Waals surface area contributed by atoms with E-state index in [1.54, 1.807) is 0 Å². The van der Waals surface area contributed by atoms with E-state index in [1.807, 2.05) is 17.7 Å². The van der Waals surface area contributed by atoms with Crippen molar-refractivity contribution >= 4 is 11.6 Å². The summed E-state index contributed by atoms with van der Waals surface area (Å²) in [5, 5.41) is 2.92. The van der Waals surface area contributed by atoms with Crippen LogP contribution >= 0.6 is 0 Å². The van der Waals surface area contributed by atoms with Crippen LogP contribution in [0.15, 0.2) is 24.4 Å². The van der Waals surface area contributed by atoms with Crippen LogP contribution in [-0.4, -0.2) is 9.55 Å². The van der Waals surface area contributed by atoms with Gasteiger partial charge in [0.2, 0.25) is 5.95 Å². The molecule has 0 spiro atoms. The fourth-order valence-electron chi connectivity index (χ4n) is 2.78. The summed E-state index contributed by atoms with van der Waals surface area (Å²) in [5.74, 6) is -0.367. The van der Waals surface area contributed by atoms with E-state index in [0.717, 1.165) is 36.7 Å². The first-order valence-electron chi connectivity index (χ1n) is 6.91. The number of benzene rings is 1. The third-order valence-corrected chi connectivity index (χ3v) is 3.75. The van der Waals surface area contributed by atoms with Gasteiger partial charge < -0.3 is 9.88 Å². The number of nitrogens with one attached hydrogen (secondary N) is 1. The summed E-state index contributed by atoms with van der Waals surface area (Å²) < 4.78 is 29.0. The highest BCUT2D eigenvalue weighted by atomic mass is 19.1. The van der Waals surface area contributed by atoms with Crippen molar-refractivity contribution in [2.45, 2.75) is 38.6 Å². The fourth-order valence-corrected chi connectivity index (χ4v) is 2.78. The van der Waals surface area contributed by atoms with Gasteiger partial charge in [0.05, 0.1) is 11.4 Å². The normalized spacial score (nSPS) is 15.8. The minimum absolute atomic E-state index is 0.120. The molecule has 1 N–H and O–H groups in total. The molecule has 1 heterocycles. The molecule has 0 bridgehead atoms. The molecule has 1 aromatic heterocycles. The predicted molar refractivity (Wildman–Crippen MR) is 74.1 cm³/mol. The predicted octanol–water partition coefficient (Wildman–Crippen LogP) is 4.33. The number of rotatable bonds is 3. The van der Waals surface area contributed by atoms with Crippen molar-refractivity contribution in [3.63, 3.8) is 0 Å². The molecule has 106 valence electrons. The van der Waals surface area contributed by atoms with Gasteiger partial charge in [0.25, 0.3) is 0 Å². The summed E-state index contributed by atoms with van der Waals surface area (Å²) in [4.78, 5) is 4.38. The molecule has 0 unspecified atom stereocenters. The second kappa shape index (κ2) is 5.23. The molecular weight excluding hydrogens is 260 g/mol. The van der Waals surface area contributed by atoms with Crippen LogP contribution in [0.3, 0.4) is 0 Å². The van der Waals surface area contributed by atoms with E-state index in [2.05, 4.69) is 10.3 Å². The van der Waals surface area contributed by atoms with Gasteiger partial charge in [-0.3, -0.25) is 0 Å². The Hall–Kier alpha value is -1.91. The van der Waals surface area contributed by atoms with Gasteiger partial charge in [-0.25, -0.2) is 13.8 Å². The van der Waals surface area contributed by atoms with Gasteiger partial charge in [0.1, 0.15) is 11.6 Å². The minimum atomic E-state index is -0.481. The number of aryl methyl sites for hydroxylation is 1. The lowest BCUT2D eigenvalue weighted by molar-refractivity contribution is 0.524. The second-order valence-corrected chi connectivity index (χ2v) is 5.30. The molecule has 1 saturated carbocycles. The molecule has 1 aromatic carbocycles. The zero-order valence-electron chi connectivity index (χ0n) is 11.4. The molecule has 3 rings (SSSR count). The van der Waals surface area contributed by atoms with Gasteiger partial charge in [0, 0.05) is 18.3 Å². The molecule has 1 fully saturated rings. The topological polar surface area (TPSA) is 29.9 Å². The minimum Gasteiger partial charge on any atom is -0.323 e. The molecule has 3 nitrogen and oxygen atoms in total. The van der Waals surface area contributed by atoms with Gasteiger partial charge in [-0.2, -0.15) is 0 Å². The highest BCUT2D eigenvalue weighted by Gasteiger charge is 2.20. The van der Waals surface area contributed by atoms with Gasteiger partial charge in [-0.05, 0) is 31.9 Å². The van der Waals surface area contributed by atoms with Crippen molar-refractivity contribution < 1.29 is 8.78 Å². The second-order valence-electron chi connectivity index (χ2n) is 5.30. The van der Waals surface area contributed by atoms with Crippen LogP contribution < -0.4 is 5.32 Å². The number of aromatic nitrogens is 2. The third kappa shape index (κ3) is 2.53. The average Bonchev–Trinajstić information content (AvgIpc) is 3.03. The first-order chi connectivity index (χ1) is 9.63. The molecule has 5 heteroatoms. The molecule has 0 aliphatic heterocycles. The lowest BCUT2D eigenvalue weighted by Gasteiger charge is -2.16. The quantitative estimate of drug-likeness (QED) is 0.905. The van der Waals surface area contributed by atoms with E-state index in [-0.39, 0.29) is 5.69 Å². The molecule has 1 aliphatic rings. The van der Waals surface area contributed by atoms with Gasteiger partial charge in [-0.1, -0.05) is 12.8 Å². The Bertz CT molecular complexity index is 616. The molecule has 2 aromatic rings. The number of anilines is 2. The summed E-state index contributed by atoms with van der Waals surface area (Å²) in [6.07, 6.45) is 6.59. The Morgan fingerprint density at radius 2 is 2.00 bits per heavy atom. The van der Waals surface area contributed by atoms with Crippen LogP contribution in [0.2, 0.25) is 0 Å². The van der Waals surface area contributed by atoms with Crippen LogP contribution in [0, 0.1) is 18.6 Å². The summed E-state index contributed by atoms with van der Waals surface area (Å²) in [5.41, 5.74) is 0.992. The van der Waals surface area contributed by atoms with E-state index in [1.165, 1.54) is 12.8 Å². The maximum Gasteiger partial charge on any atom is 0.207 e. The Kier molecular flexibility index (Phi) is 3.42. The van der Waals surface area contributed by atoms with Crippen molar-refractivity contribution in [2.24, 2.45) is 0 Å². The first kappa shape index (κ1) is 13.1. The van der Waals surface area contributed by atoms with Crippen LogP contribution in [0.25, 0.3) is 0 Å². The summed E-state index contributed by atoms with van der Waals surface area (Å²) in [6, 6.07) is 3.77. The van der Waals surface area contributed by atoms with Crippen LogP contribution in [0.1, 0.15) is 37.4 Å². The Morgan fingerprint density at radius 1 is 1.25 bits per heavy atom. The zero-order chi connectivity index (χ0) is 14.1. The van der Waals surface area contributed by atoms with Crippen LogP contribution in [-0.2, 0) is 0 Å². The first-order valence-corrected chi connectivity index (χ1v) is 6.91. The number of nitrogens with zero attached hydrogens (tertiary/aromatic N) is 2. The zero-order valence-corrected chi connectivity index (χ0v) is 11.4. The number of hydrogen-bond donors (Lipinski definition) is 1. The highest BCUT2D eigenvalue weighted by molar-refractivity contribution is 5.55. The monoisotopic (exact) mass is 277 g/mol. The molecule has 0 amide bonds. The summed E-state index contributed by atoms with van der Waals surface area (Å²) in [6.45, 7) is 1.90. The van der Waals surface area contributed by atoms with E-state index >= 15 is 0 Å². The Morgan fingerprint density at radius 3 is 2.75 bits per heavy atom. The average molecular weight is 277 g/mol. The van der Waals surface area contributed by atoms with Crippen molar-refractivity contribution in [3.8, 4) is 0 Å². The molecule has 20 heavy (non-hydrogen) atoms. The lowest BCUT2D eigenvalue weighted by Crippen LogP contribution is -2.08. The largest absolute Gasteiger partial charge is 0.323 e. The molecule has 0 atom stereocenters. The highest BCUT2D eigenvalue weighted by Crippen LogP contribution is 2.33. The van der Waals surface area contributed by atoms with Crippen molar-refractivity contribution in [1.82, 2.24) is 9.55 Å². The summed E-state index contributed by atoms with van der Waals surface area (Å²) >= 11 is 0. The maximum absolute atomic E-state index is 13.7. The smallest absolute Gasteiger partial charge is 0.207 e.